The SMILES string of the molecule is C=CCCCCCSCCCO. The van der Waals surface area contributed by atoms with Crippen molar-refractivity contribution in [1.29, 1.82) is 0 Å². The van der Waals surface area contributed by atoms with Crippen LogP contribution in [0.5, 0.6) is 0 Å². The normalized spacial score (nSPS) is 10.1. The van der Waals surface area contributed by atoms with Gasteiger partial charge >= 0.3 is 0 Å². The Kier molecular flexibility index (Phi) is 11.1. The van der Waals surface area contributed by atoms with Crippen LogP contribution in [-0.2, 0) is 0 Å². The first kappa shape index (κ1) is 12.0. The topological polar surface area (TPSA) is 20.2 Å². The van der Waals surface area contributed by atoms with E-state index in [4.69, 9.17) is 5.11 Å². The molecule has 0 heterocycles. The standard InChI is InChI=1S/C10H20OS/c1-2-3-4-5-6-9-12-10-7-8-11/h2,11H,1,3-10H2. The molecule has 12 heavy (non-hydrogen) atoms. The van der Waals surface area contributed by atoms with Crippen LogP contribution in [-0.4, -0.2) is 23.2 Å². The van der Waals surface area contributed by atoms with Gasteiger partial charge in [-0.15, -0.1) is 6.58 Å². The van der Waals surface area contributed by atoms with Gasteiger partial charge in [-0.1, -0.05) is 12.5 Å². The van der Waals surface area contributed by atoms with Crippen molar-refractivity contribution in [2.24, 2.45) is 0 Å². The zero-order chi connectivity index (χ0) is 9.07. The lowest BCUT2D eigenvalue weighted by Gasteiger charge is -1.99. The average molecular weight is 188 g/mol. The second-order valence-corrected chi connectivity index (χ2v) is 4.05. The second-order valence-electron chi connectivity index (χ2n) is 2.83. The van der Waals surface area contributed by atoms with E-state index < -0.39 is 0 Å². The average Bonchev–Trinajstić information content (AvgIpc) is 2.10. The fourth-order valence-electron chi connectivity index (χ4n) is 0.938. The summed E-state index contributed by atoms with van der Waals surface area (Å²) in [7, 11) is 0. The van der Waals surface area contributed by atoms with Gasteiger partial charge in [0.05, 0.1) is 0 Å². The van der Waals surface area contributed by atoms with E-state index in [0.29, 0.717) is 6.61 Å². The summed E-state index contributed by atoms with van der Waals surface area (Å²) in [6.07, 6.45) is 7.99. The van der Waals surface area contributed by atoms with E-state index in [1.807, 2.05) is 17.8 Å². The van der Waals surface area contributed by atoms with Crippen molar-refractivity contribution in [3.8, 4) is 0 Å². The van der Waals surface area contributed by atoms with Crippen molar-refractivity contribution in [3.05, 3.63) is 12.7 Å². The van der Waals surface area contributed by atoms with Crippen molar-refractivity contribution < 1.29 is 5.11 Å². The predicted molar refractivity (Wildman–Crippen MR) is 57.7 cm³/mol. The van der Waals surface area contributed by atoms with Crippen LogP contribution in [0, 0.1) is 0 Å². The molecule has 0 aromatic carbocycles. The number of aliphatic hydroxyl groups is 1. The maximum absolute atomic E-state index is 8.51. The summed E-state index contributed by atoms with van der Waals surface area (Å²) >= 11 is 1.95. The van der Waals surface area contributed by atoms with Crippen LogP contribution in [0.25, 0.3) is 0 Å². The molecule has 0 aliphatic rings. The molecule has 0 radical (unpaired) electrons. The first-order valence-electron chi connectivity index (χ1n) is 4.71. The van der Waals surface area contributed by atoms with Crippen molar-refractivity contribution in [3.63, 3.8) is 0 Å². The van der Waals surface area contributed by atoms with Crippen molar-refractivity contribution >= 4 is 11.8 Å². The lowest BCUT2D eigenvalue weighted by molar-refractivity contribution is 0.296. The number of allylic oxidation sites excluding steroid dienone is 1. The van der Waals surface area contributed by atoms with Crippen molar-refractivity contribution in [2.75, 3.05) is 18.1 Å². The molecule has 0 amide bonds. The largest absolute Gasteiger partial charge is 0.396 e. The number of aliphatic hydroxyl groups excluding tert-OH is 1. The number of thioether (sulfide) groups is 1. The molecule has 0 fully saturated rings. The lowest BCUT2D eigenvalue weighted by atomic mass is 10.2. The molecule has 0 unspecified atom stereocenters. The van der Waals surface area contributed by atoms with E-state index in [1.54, 1.807) is 0 Å². The number of hydrogen-bond donors (Lipinski definition) is 1. The van der Waals surface area contributed by atoms with E-state index in [-0.39, 0.29) is 0 Å². The van der Waals surface area contributed by atoms with E-state index in [1.165, 1.54) is 25.0 Å². The van der Waals surface area contributed by atoms with Crippen LogP contribution in [0.3, 0.4) is 0 Å². The number of rotatable bonds is 9. The molecule has 1 nitrogen and oxygen atoms in total. The summed E-state index contributed by atoms with van der Waals surface area (Å²) < 4.78 is 0. The monoisotopic (exact) mass is 188 g/mol. The molecular weight excluding hydrogens is 168 g/mol. The summed E-state index contributed by atoms with van der Waals surface area (Å²) in [6, 6.07) is 0. The minimum absolute atomic E-state index is 0.337. The minimum atomic E-state index is 0.337. The highest BCUT2D eigenvalue weighted by atomic mass is 32.2. The maximum atomic E-state index is 8.51. The molecule has 0 aromatic heterocycles. The molecule has 0 rings (SSSR count). The highest BCUT2D eigenvalue weighted by molar-refractivity contribution is 7.99. The maximum Gasteiger partial charge on any atom is 0.0438 e. The Bertz CT molecular complexity index is 93.8. The molecule has 1 N–H and O–H groups in total. The van der Waals surface area contributed by atoms with Crippen LogP contribution in [0.15, 0.2) is 12.7 Å². The predicted octanol–water partition coefficient (Wildman–Crippen LogP) is 2.85. The van der Waals surface area contributed by atoms with E-state index in [9.17, 15) is 0 Å². The Labute approximate surface area is 80.3 Å². The van der Waals surface area contributed by atoms with Gasteiger partial charge in [-0.2, -0.15) is 11.8 Å². The molecule has 0 aliphatic carbocycles. The van der Waals surface area contributed by atoms with Gasteiger partial charge < -0.3 is 5.11 Å². The van der Waals surface area contributed by atoms with Gasteiger partial charge in [0, 0.05) is 6.61 Å². The Morgan fingerprint density at radius 1 is 1.08 bits per heavy atom. The summed E-state index contributed by atoms with van der Waals surface area (Å²) in [6.45, 7) is 4.02. The third-order valence-electron chi connectivity index (χ3n) is 1.64. The third kappa shape index (κ3) is 10.0. The van der Waals surface area contributed by atoms with Gasteiger partial charge in [-0.05, 0) is 37.2 Å². The molecular formula is C10H20OS. The van der Waals surface area contributed by atoms with Crippen LogP contribution in [0.2, 0.25) is 0 Å². The van der Waals surface area contributed by atoms with Crippen molar-refractivity contribution in [2.45, 2.75) is 32.1 Å². The zero-order valence-corrected chi connectivity index (χ0v) is 8.61. The summed E-state index contributed by atoms with van der Waals surface area (Å²) in [4.78, 5) is 0. The quantitative estimate of drug-likeness (QED) is 0.443. The Hall–Kier alpha value is 0.0500. The smallest absolute Gasteiger partial charge is 0.0438 e. The van der Waals surface area contributed by atoms with Crippen LogP contribution in [0.1, 0.15) is 32.1 Å². The van der Waals surface area contributed by atoms with E-state index in [2.05, 4.69) is 6.58 Å². The number of hydrogen-bond acceptors (Lipinski definition) is 2. The molecule has 72 valence electrons. The summed E-state index contributed by atoms with van der Waals surface area (Å²) in [5.74, 6) is 2.36. The molecule has 0 aliphatic heterocycles. The van der Waals surface area contributed by atoms with E-state index >= 15 is 0 Å². The van der Waals surface area contributed by atoms with Crippen LogP contribution in [0.4, 0.5) is 0 Å². The fourth-order valence-corrected chi connectivity index (χ4v) is 1.88. The fraction of sp³-hybridized carbons (Fsp3) is 0.800. The van der Waals surface area contributed by atoms with Crippen LogP contribution >= 0.6 is 11.8 Å². The van der Waals surface area contributed by atoms with Crippen LogP contribution < -0.4 is 0 Å². The highest BCUT2D eigenvalue weighted by Gasteiger charge is 1.89. The van der Waals surface area contributed by atoms with Gasteiger partial charge in [0.1, 0.15) is 0 Å². The molecule has 0 saturated heterocycles. The van der Waals surface area contributed by atoms with Gasteiger partial charge in [-0.3, -0.25) is 0 Å². The molecule has 0 bridgehead atoms. The third-order valence-corrected chi connectivity index (χ3v) is 2.80. The van der Waals surface area contributed by atoms with E-state index in [0.717, 1.165) is 18.6 Å². The molecule has 0 saturated carbocycles. The Balaban J connectivity index is 2.77. The Morgan fingerprint density at radius 3 is 2.50 bits per heavy atom. The summed E-state index contributed by atoms with van der Waals surface area (Å²) in [5.41, 5.74) is 0. The Morgan fingerprint density at radius 2 is 1.83 bits per heavy atom. The molecule has 0 spiro atoms. The lowest BCUT2D eigenvalue weighted by Crippen LogP contribution is -1.88. The second kappa shape index (κ2) is 11.1. The molecule has 0 aromatic rings. The zero-order valence-electron chi connectivity index (χ0n) is 7.80. The first-order valence-corrected chi connectivity index (χ1v) is 5.86. The summed E-state index contributed by atoms with van der Waals surface area (Å²) in [5, 5.41) is 8.51. The van der Waals surface area contributed by atoms with Crippen molar-refractivity contribution in [1.82, 2.24) is 0 Å². The minimum Gasteiger partial charge on any atom is -0.396 e. The van der Waals surface area contributed by atoms with Gasteiger partial charge in [0.25, 0.3) is 0 Å². The highest BCUT2D eigenvalue weighted by Crippen LogP contribution is 2.08. The molecule has 2 heteroatoms. The van der Waals surface area contributed by atoms with Gasteiger partial charge in [0.15, 0.2) is 0 Å². The molecule has 0 atom stereocenters. The first-order chi connectivity index (χ1) is 5.91. The number of unbranched alkanes of at least 4 members (excludes halogenated alkanes) is 3. The van der Waals surface area contributed by atoms with Gasteiger partial charge in [-0.25, -0.2) is 0 Å². The van der Waals surface area contributed by atoms with Gasteiger partial charge in [0.2, 0.25) is 0 Å².